The van der Waals surface area contributed by atoms with Crippen molar-refractivity contribution in [2.75, 3.05) is 33.4 Å². The Hall–Kier alpha value is -2.29. The second kappa shape index (κ2) is 10.3. The van der Waals surface area contributed by atoms with Gasteiger partial charge in [-0.2, -0.15) is 4.31 Å². The summed E-state index contributed by atoms with van der Waals surface area (Å²) in [5.41, 5.74) is 0.966. The van der Waals surface area contributed by atoms with Crippen molar-refractivity contribution in [1.82, 2.24) is 9.62 Å². The smallest absolute Gasteiger partial charge is 0.243 e. The van der Waals surface area contributed by atoms with Crippen LogP contribution in [0.3, 0.4) is 0 Å². The maximum Gasteiger partial charge on any atom is 0.243 e. The lowest BCUT2D eigenvalue weighted by molar-refractivity contribution is -0.126. The first-order valence-electron chi connectivity index (χ1n) is 10.1. The first kappa shape index (κ1) is 23.4. The third-order valence-electron chi connectivity index (χ3n) is 5.27. The molecule has 0 saturated carbocycles. The molecular formula is C22H27ClN2O5S. The molecule has 3 rings (SSSR count). The topological polar surface area (TPSA) is 84.9 Å². The molecule has 1 heterocycles. The predicted molar refractivity (Wildman–Crippen MR) is 119 cm³/mol. The van der Waals surface area contributed by atoms with Crippen LogP contribution in [0.25, 0.3) is 0 Å². The summed E-state index contributed by atoms with van der Waals surface area (Å²) in [4.78, 5) is 12.8. The fraction of sp³-hybridized carbons (Fsp3) is 0.409. The number of benzene rings is 2. The quantitative estimate of drug-likeness (QED) is 0.603. The first-order valence-corrected chi connectivity index (χ1v) is 11.9. The number of amides is 1. The van der Waals surface area contributed by atoms with Crippen LogP contribution in [-0.2, 0) is 14.8 Å². The molecule has 0 bridgehead atoms. The average Bonchev–Trinajstić information content (AvgIpc) is 2.79. The van der Waals surface area contributed by atoms with Crippen molar-refractivity contribution >= 4 is 27.5 Å². The summed E-state index contributed by atoms with van der Waals surface area (Å²) in [7, 11) is -2.14. The van der Waals surface area contributed by atoms with E-state index in [1.54, 1.807) is 18.2 Å². The molecule has 1 aliphatic rings. The van der Waals surface area contributed by atoms with Crippen molar-refractivity contribution in [3.63, 3.8) is 0 Å². The molecule has 0 aromatic heterocycles. The third kappa shape index (κ3) is 5.90. The zero-order chi connectivity index (χ0) is 22.4. The van der Waals surface area contributed by atoms with E-state index in [1.807, 2.05) is 19.1 Å². The predicted octanol–water partition coefficient (Wildman–Crippen LogP) is 3.25. The maximum absolute atomic E-state index is 12.9. The van der Waals surface area contributed by atoms with E-state index in [4.69, 9.17) is 21.1 Å². The second-order valence-electron chi connectivity index (χ2n) is 7.43. The van der Waals surface area contributed by atoms with Gasteiger partial charge in [-0.25, -0.2) is 8.42 Å². The van der Waals surface area contributed by atoms with E-state index < -0.39 is 15.9 Å². The molecule has 168 valence electrons. The van der Waals surface area contributed by atoms with Gasteiger partial charge in [0, 0.05) is 18.1 Å². The summed E-state index contributed by atoms with van der Waals surface area (Å²) >= 11 is 6.08. The van der Waals surface area contributed by atoms with E-state index in [0.29, 0.717) is 49.1 Å². The number of ether oxygens (including phenoxy) is 2. The van der Waals surface area contributed by atoms with Crippen LogP contribution in [-0.4, -0.2) is 52.0 Å². The van der Waals surface area contributed by atoms with Crippen LogP contribution in [0.2, 0.25) is 5.02 Å². The number of rotatable bonds is 8. The van der Waals surface area contributed by atoms with Gasteiger partial charge in [0.1, 0.15) is 18.1 Å². The summed E-state index contributed by atoms with van der Waals surface area (Å²) in [6, 6.07) is 11.7. The van der Waals surface area contributed by atoms with Crippen molar-refractivity contribution in [1.29, 1.82) is 0 Å². The standard InChI is InChI=1S/C22H27ClN2O5S/c1-16-5-6-19(14-21(16)23)30-13-11-24-22(26)17-4-3-12-25(15-17)31(27,28)20-9-7-18(29-2)8-10-20/h5-10,14,17H,3-4,11-13,15H2,1-2H3,(H,24,26). The Bertz CT molecular complexity index is 1010. The number of sulfonamides is 1. The summed E-state index contributed by atoms with van der Waals surface area (Å²) in [5.74, 6) is 0.667. The Balaban J connectivity index is 1.51. The average molecular weight is 467 g/mol. The van der Waals surface area contributed by atoms with E-state index in [0.717, 1.165) is 5.56 Å². The molecule has 2 aromatic carbocycles. The number of nitrogens with one attached hydrogen (secondary N) is 1. The molecule has 2 aromatic rings. The molecule has 1 atom stereocenters. The van der Waals surface area contributed by atoms with Gasteiger partial charge in [0.2, 0.25) is 15.9 Å². The van der Waals surface area contributed by atoms with E-state index >= 15 is 0 Å². The summed E-state index contributed by atoms with van der Waals surface area (Å²) in [6.07, 6.45) is 1.28. The number of hydrogen-bond donors (Lipinski definition) is 1. The van der Waals surface area contributed by atoms with Gasteiger partial charge < -0.3 is 14.8 Å². The fourth-order valence-electron chi connectivity index (χ4n) is 3.42. The number of carbonyl (C=O) groups is 1. The van der Waals surface area contributed by atoms with Crippen molar-refractivity contribution in [2.45, 2.75) is 24.7 Å². The molecule has 1 saturated heterocycles. The van der Waals surface area contributed by atoms with Crippen molar-refractivity contribution in [3.8, 4) is 11.5 Å². The molecule has 1 unspecified atom stereocenters. The van der Waals surface area contributed by atoms with Crippen LogP contribution in [0, 0.1) is 12.8 Å². The highest BCUT2D eigenvalue weighted by Gasteiger charge is 2.33. The molecule has 0 spiro atoms. The van der Waals surface area contributed by atoms with Crippen LogP contribution < -0.4 is 14.8 Å². The number of carbonyl (C=O) groups excluding carboxylic acids is 1. The fourth-order valence-corrected chi connectivity index (χ4v) is 5.12. The monoisotopic (exact) mass is 466 g/mol. The van der Waals surface area contributed by atoms with Crippen LogP contribution in [0.1, 0.15) is 18.4 Å². The van der Waals surface area contributed by atoms with Crippen molar-refractivity contribution in [2.24, 2.45) is 5.92 Å². The Morgan fingerprint density at radius 2 is 1.90 bits per heavy atom. The van der Waals surface area contributed by atoms with E-state index in [1.165, 1.54) is 23.5 Å². The Labute approximate surface area is 188 Å². The highest BCUT2D eigenvalue weighted by Crippen LogP contribution is 2.25. The summed E-state index contributed by atoms with van der Waals surface area (Å²) < 4.78 is 38.0. The third-order valence-corrected chi connectivity index (χ3v) is 7.55. The lowest BCUT2D eigenvalue weighted by Crippen LogP contribution is -2.45. The molecule has 1 aliphatic heterocycles. The zero-order valence-corrected chi connectivity index (χ0v) is 19.2. The van der Waals surface area contributed by atoms with Crippen molar-refractivity contribution < 1.29 is 22.7 Å². The highest BCUT2D eigenvalue weighted by atomic mass is 35.5. The Kier molecular flexibility index (Phi) is 7.80. The number of piperidine rings is 1. The van der Waals surface area contributed by atoms with Gasteiger partial charge in [0.15, 0.2) is 0 Å². The minimum Gasteiger partial charge on any atom is -0.497 e. The molecule has 31 heavy (non-hydrogen) atoms. The van der Waals surface area contributed by atoms with Gasteiger partial charge >= 0.3 is 0 Å². The normalized spacial score (nSPS) is 17.2. The number of aryl methyl sites for hydroxylation is 1. The SMILES string of the molecule is COc1ccc(S(=O)(=O)N2CCCC(C(=O)NCCOc3ccc(C)c(Cl)c3)C2)cc1. The number of nitrogens with zero attached hydrogens (tertiary/aromatic N) is 1. The van der Waals surface area contributed by atoms with E-state index in [2.05, 4.69) is 5.32 Å². The Morgan fingerprint density at radius 1 is 1.19 bits per heavy atom. The van der Waals surface area contributed by atoms with Gasteiger partial charge in [-0.05, 0) is 61.7 Å². The van der Waals surface area contributed by atoms with Gasteiger partial charge in [-0.1, -0.05) is 17.7 Å². The molecule has 0 aliphatic carbocycles. The summed E-state index contributed by atoms with van der Waals surface area (Å²) in [5, 5.41) is 3.47. The van der Waals surface area contributed by atoms with Crippen LogP contribution in [0.5, 0.6) is 11.5 Å². The van der Waals surface area contributed by atoms with Gasteiger partial charge in [0.05, 0.1) is 24.5 Å². The summed E-state index contributed by atoms with van der Waals surface area (Å²) in [6.45, 7) is 3.09. The molecular weight excluding hydrogens is 440 g/mol. The van der Waals surface area contributed by atoms with Crippen LogP contribution in [0.15, 0.2) is 47.4 Å². The Morgan fingerprint density at radius 3 is 2.58 bits per heavy atom. The van der Waals surface area contributed by atoms with Gasteiger partial charge in [0.25, 0.3) is 0 Å². The van der Waals surface area contributed by atoms with E-state index in [9.17, 15) is 13.2 Å². The molecule has 1 amide bonds. The largest absolute Gasteiger partial charge is 0.497 e. The number of halogens is 1. The van der Waals surface area contributed by atoms with Gasteiger partial charge in [-0.3, -0.25) is 4.79 Å². The molecule has 1 N–H and O–H groups in total. The molecule has 0 radical (unpaired) electrons. The first-order chi connectivity index (χ1) is 14.8. The number of hydrogen-bond acceptors (Lipinski definition) is 5. The highest BCUT2D eigenvalue weighted by molar-refractivity contribution is 7.89. The lowest BCUT2D eigenvalue weighted by Gasteiger charge is -2.31. The molecule has 1 fully saturated rings. The number of methoxy groups -OCH3 is 1. The lowest BCUT2D eigenvalue weighted by atomic mass is 9.99. The minimum atomic E-state index is -3.66. The molecule has 9 heteroatoms. The minimum absolute atomic E-state index is 0.161. The zero-order valence-electron chi connectivity index (χ0n) is 17.6. The van der Waals surface area contributed by atoms with Crippen LogP contribution >= 0.6 is 11.6 Å². The van der Waals surface area contributed by atoms with Crippen LogP contribution in [0.4, 0.5) is 0 Å². The van der Waals surface area contributed by atoms with Crippen molar-refractivity contribution in [3.05, 3.63) is 53.1 Å². The maximum atomic E-state index is 12.9. The second-order valence-corrected chi connectivity index (χ2v) is 9.77. The van der Waals surface area contributed by atoms with Gasteiger partial charge in [-0.15, -0.1) is 0 Å². The molecule has 7 nitrogen and oxygen atoms in total. The van der Waals surface area contributed by atoms with E-state index in [-0.39, 0.29) is 17.3 Å².